The molecule has 1 aliphatic heterocycles. The molecule has 0 spiro atoms. The number of nitrogens with zero attached hydrogens (tertiary/aromatic N) is 2. The van der Waals surface area contributed by atoms with Crippen LogP contribution in [0.15, 0.2) is 35.1 Å². The summed E-state index contributed by atoms with van der Waals surface area (Å²) in [7, 11) is -3.72. The fraction of sp³-hybridized carbons (Fsp3) is 0.467. The van der Waals surface area contributed by atoms with Crippen molar-refractivity contribution in [1.29, 1.82) is 0 Å². The highest BCUT2D eigenvalue weighted by Gasteiger charge is 2.61. The summed E-state index contributed by atoms with van der Waals surface area (Å²) in [5.74, 6) is -1.35. The van der Waals surface area contributed by atoms with Crippen LogP contribution in [-0.4, -0.2) is 55.0 Å². The number of aliphatic carboxylic acids is 1. The summed E-state index contributed by atoms with van der Waals surface area (Å²) in [6, 6.07) is 2.74. The first-order valence-corrected chi connectivity index (χ1v) is 9.12. The van der Waals surface area contributed by atoms with Crippen LogP contribution in [0.3, 0.4) is 0 Å². The van der Waals surface area contributed by atoms with E-state index in [2.05, 4.69) is 4.98 Å². The summed E-state index contributed by atoms with van der Waals surface area (Å²) in [6.45, 7) is 0.364. The van der Waals surface area contributed by atoms with Gasteiger partial charge in [0.05, 0.1) is 18.4 Å². The number of aromatic nitrogens is 1. The molecule has 1 saturated heterocycles. The molecular weight excluding hydrogens is 353 g/mol. The van der Waals surface area contributed by atoms with Crippen LogP contribution in [0, 0.1) is 17.8 Å². The Morgan fingerprint density at radius 2 is 2.12 bits per heavy atom. The highest BCUT2D eigenvalue weighted by Crippen LogP contribution is 2.52. The summed E-state index contributed by atoms with van der Waals surface area (Å²) >= 11 is 0. The zero-order valence-electron chi connectivity index (χ0n) is 13.2. The Morgan fingerprint density at radius 3 is 2.60 bits per heavy atom. The molecule has 1 saturated carbocycles. The molecule has 1 unspecified atom stereocenters. The van der Waals surface area contributed by atoms with Gasteiger partial charge in [-0.3, -0.25) is 4.79 Å². The van der Waals surface area contributed by atoms with Crippen molar-refractivity contribution in [3.8, 4) is 5.88 Å². The maximum Gasteiger partial charge on any atom is 0.307 e. The molecular formula is C15H18FN3O5S. The van der Waals surface area contributed by atoms with E-state index in [1.807, 2.05) is 0 Å². The Balaban J connectivity index is 1.63. The number of pyridine rings is 1. The molecule has 1 aromatic heterocycles. The second kappa shape index (κ2) is 6.70. The van der Waals surface area contributed by atoms with Crippen LogP contribution >= 0.6 is 0 Å². The van der Waals surface area contributed by atoms with E-state index in [-0.39, 0.29) is 54.4 Å². The van der Waals surface area contributed by atoms with E-state index >= 15 is 0 Å². The minimum absolute atomic E-state index is 0.00751. The van der Waals surface area contributed by atoms with Crippen LogP contribution in [0.5, 0.6) is 5.88 Å². The van der Waals surface area contributed by atoms with Crippen molar-refractivity contribution in [2.24, 2.45) is 23.5 Å². The number of hydrogen-bond donors (Lipinski definition) is 2. The lowest BCUT2D eigenvalue weighted by molar-refractivity contribution is -0.139. The average Bonchev–Trinajstić information content (AvgIpc) is 3.11. The van der Waals surface area contributed by atoms with Crippen molar-refractivity contribution in [2.45, 2.75) is 4.90 Å². The first-order chi connectivity index (χ1) is 11.9. The van der Waals surface area contributed by atoms with Gasteiger partial charge < -0.3 is 15.6 Å². The van der Waals surface area contributed by atoms with Crippen LogP contribution in [0.1, 0.15) is 0 Å². The number of sulfonamides is 1. The molecule has 25 heavy (non-hydrogen) atoms. The van der Waals surface area contributed by atoms with E-state index < -0.39 is 21.9 Å². The Labute approximate surface area is 144 Å². The minimum Gasteiger partial charge on any atom is -0.481 e. The molecule has 0 radical (unpaired) electrons. The van der Waals surface area contributed by atoms with Gasteiger partial charge in [0.2, 0.25) is 15.9 Å². The molecule has 0 aromatic carbocycles. The van der Waals surface area contributed by atoms with Crippen LogP contribution in [0.25, 0.3) is 0 Å². The van der Waals surface area contributed by atoms with Crippen molar-refractivity contribution < 1.29 is 27.4 Å². The van der Waals surface area contributed by atoms with Crippen molar-refractivity contribution in [2.75, 3.05) is 26.2 Å². The average molecular weight is 371 g/mol. The molecule has 3 rings (SSSR count). The smallest absolute Gasteiger partial charge is 0.307 e. The van der Waals surface area contributed by atoms with E-state index in [4.69, 9.17) is 15.6 Å². The van der Waals surface area contributed by atoms with Gasteiger partial charge in [-0.25, -0.2) is 17.8 Å². The fourth-order valence-electron chi connectivity index (χ4n) is 3.11. The predicted octanol–water partition coefficient (Wildman–Crippen LogP) is 0.224. The van der Waals surface area contributed by atoms with Crippen molar-refractivity contribution in [3.63, 3.8) is 0 Å². The quantitative estimate of drug-likeness (QED) is 0.703. The second-order valence-corrected chi connectivity index (χ2v) is 8.04. The third-order valence-corrected chi connectivity index (χ3v) is 6.43. The molecule has 1 aliphatic carbocycles. The van der Waals surface area contributed by atoms with Crippen molar-refractivity contribution in [1.82, 2.24) is 9.29 Å². The standard InChI is InChI=1S/C15H18FN3O5S/c16-3-9(4-17)8-24-13-2-1-10(5-18-13)25(22,23)19-6-11-12(7-19)14(11)15(20)21/h1-3,5,11-12,14H,4,6-8,17H2,(H,20,21)/b9-3-/t11-,12+,14?. The molecule has 2 aliphatic rings. The summed E-state index contributed by atoms with van der Waals surface area (Å²) < 4.78 is 44.1. The highest BCUT2D eigenvalue weighted by molar-refractivity contribution is 7.89. The number of carboxylic acid groups (broad SMARTS) is 1. The Morgan fingerprint density at radius 1 is 1.44 bits per heavy atom. The van der Waals surface area contributed by atoms with Crippen molar-refractivity contribution >= 4 is 16.0 Å². The molecule has 3 atom stereocenters. The van der Waals surface area contributed by atoms with E-state index in [0.717, 1.165) is 0 Å². The fourth-order valence-corrected chi connectivity index (χ4v) is 4.57. The number of carbonyl (C=O) groups is 1. The van der Waals surface area contributed by atoms with Gasteiger partial charge in [-0.15, -0.1) is 0 Å². The SMILES string of the molecule is NC/C(=C/F)COc1ccc(S(=O)(=O)N2C[C@@H]3C(C(=O)O)[C@@H]3C2)cn1. The van der Waals surface area contributed by atoms with Crippen LogP contribution < -0.4 is 10.5 Å². The number of rotatable bonds is 7. The van der Waals surface area contributed by atoms with Crippen LogP contribution in [0.4, 0.5) is 4.39 Å². The largest absolute Gasteiger partial charge is 0.481 e. The Kier molecular flexibility index (Phi) is 4.76. The number of nitrogens with two attached hydrogens (primary N) is 1. The molecule has 0 bridgehead atoms. The van der Waals surface area contributed by atoms with Gasteiger partial charge in [-0.2, -0.15) is 4.31 Å². The van der Waals surface area contributed by atoms with Gasteiger partial charge in [0.25, 0.3) is 0 Å². The Bertz CT molecular complexity index is 784. The lowest BCUT2D eigenvalue weighted by Crippen LogP contribution is -2.32. The predicted molar refractivity (Wildman–Crippen MR) is 84.8 cm³/mol. The Hall–Kier alpha value is -2.04. The molecule has 2 fully saturated rings. The minimum atomic E-state index is -3.72. The lowest BCUT2D eigenvalue weighted by Gasteiger charge is -2.18. The molecule has 136 valence electrons. The highest BCUT2D eigenvalue weighted by atomic mass is 32.2. The third kappa shape index (κ3) is 3.37. The molecule has 10 heteroatoms. The third-order valence-electron chi connectivity index (χ3n) is 4.61. The molecule has 8 nitrogen and oxygen atoms in total. The van der Waals surface area contributed by atoms with Gasteiger partial charge in [-0.1, -0.05) is 0 Å². The van der Waals surface area contributed by atoms with Gasteiger partial charge >= 0.3 is 5.97 Å². The molecule has 2 heterocycles. The molecule has 1 aromatic rings. The van der Waals surface area contributed by atoms with E-state index in [1.165, 1.54) is 22.6 Å². The topological polar surface area (TPSA) is 123 Å². The summed E-state index contributed by atoms with van der Waals surface area (Å²) in [4.78, 5) is 14.9. The first-order valence-electron chi connectivity index (χ1n) is 7.68. The lowest BCUT2D eigenvalue weighted by atomic mass is 10.3. The van der Waals surface area contributed by atoms with E-state index in [0.29, 0.717) is 6.33 Å². The van der Waals surface area contributed by atoms with E-state index in [1.54, 1.807) is 0 Å². The number of piperidine rings is 1. The number of fused-ring (bicyclic) bond motifs is 1. The first kappa shape index (κ1) is 17.8. The summed E-state index contributed by atoms with van der Waals surface area (Å²) in [6.07, 6.45) is 1.53. The number of carboxylic acids is 1. The van der Waals surface area contributed by atoms with Crippen molar-refractivity contribution in [3.05, 3.63) is 30.2 Å². The summed E-state index contributed by atoms with van der Waals surface area (Å²) in [5.41, 5.74) is 5.56. The maximum atomic E-state index is 12.6. The number of halogens is 1. The zero-order chi connectivity index (χ0) is 18.2. The summed E-state index contributed by atoms with van der Waals surface area (Å²) in [5, 5.41) is 8.99. The van der Waals surface area contributed by atoms with Gasteiger partial charge in [0.1, 0.15) is 11.5 Å². The number of ether oxygens (including phenoxy) is 1. The van der Waals surface area contributed by atoms with Gasteiger partial charge in [-0.05, 0) is 17.9 Å². The maximum absolute atomic E-state index is 12.6. The van der Waals surface area contributed by atoms with Gasteiger partial charge in [0.15, 0.2) is 0 Å². The monoisotopic (exact) mass is 371 g/mol. The molecule has 0 amide bonds. The second-order valence-electron chi connectivity index (χ2n) is 6.11. The van der Waals surface area contributed by atoms with Gasteiger partial charge in [0, 0.05) is 31.3 Å². The normalized spacial score (nSPS) is 26.3. The number of hydrogen-bond acceptors (Lipinski definition) is 6. The van der Waals surface area contributed by atoms with Crippen LogP contribution in [-0.2, 0) is 14.8 Å². The zero-order valence-corrected chi connectivity index (χ0v) is 14.0. The molecule has 3 N–H and O–H groups in total. The van der Waals surface area contributed by atoms with E-state index in [9.17, 15) is 17.6 Å². The van der Waals surface area contributed by atoms with Crippen LogP contribution in [0.2, 0.25) is 0 Å².